The van der Waals surface area contributed by atoms with Gasteiger partial charge in [0, 0.05) is 0 Å². The highest BCUT2D eigenvalue weighted by molar-refractivity contribution is 9.11. The van der Waals surface area contributed by atoms with Crippen molar-refractivity contribution >= 4 is 54.5 Å². The molecule has 0 aliphatic carbocycles. The van der Waals surface area contributed by atoms with Crippen molar-refractivity contribution in [3.63, 3.8) is 0 Å². The monoisotopic (exact) mass is 436 g/mol. The second kappa shape index (κ2) is 8.01. The van der Waals surface area contributed by atoms with E-state index in [-0.39, 0.29) is 0 Å². The van der Waals surface area contributed by atoms with Crippen LogP contribution in [0.1, 0.15) is 50.9 Å². The molecule has 0 atom stereocenters. The molecule has 0 aliphatic heterocycles. The van der Waals surface area contributed by atoms with Gasteiger partial charge in [-0.1, -0.05) is 26.7 Å². The summed E-state index contributed by atoms with van der Waals surface area (Å²) in [6, 6.07) is 0. The second-order valence-corrected chi connectivity index (χ2v) is 9.32. The first-order valence-electron chi connectivity index (χ1n) is 6.96. The zero-order valence-corrected chi connectivity index (χ0v) is 16.5. The normalized spacial score (nSPS) is 11.2. The van der Waals surface area contributed by atoms with Gasteiger partial charge in [0.05, 0.1) is 19.0 Å². The van der Waals surface area contributed by atoms with E-state index in [0.717, 1.165) is 30.4 Å². The number of halogens is 2. The van der Waals surface area contributed by atoms with Gasteiger partial charge in [-0.25, -0.2) is 9.97 Å². The fourth-order valence-electron chi connectivity index (χ4n) is 1.85. The van der Waals surface area contributed by atoms with E-state index in [9.17, 15) is 0 Å². The molecule has 110 valence electrons. The summed E-state index contributed by atoms with van der Waals surface area (Å²) in [5, 5.41) is 2.08. The van der Waals surface area contributed by atoms with E-state index in [4.69, 9.17) is 9.97 Å². The van der Waals surface area contributed by atoms with Gasteiger partial charge in [0.25, 0.3) is 0 Å². The van der Waals surface area contributed by atoms with Gasteiger partial charge >= 0.3 is 0 Å². The minimum atomic E-state index is 1.04. The number of rotatable bonds is 7. The Hall–Kier alpha value is 0.220. The molecule has 0 unspecified atom stereocenters. The third-order valence-corrected chi connectivity index (χ3v) is 6.82. The molecular weight excluding hydrogens is 420 g/mol. The van der Waals surface area contributed by atoms with Gasteiger partial charge in [-0.2, -0.15) is 0 Å². The van der Waals surface area contributed by atoms with Crippen LogP contribution in [0.4, 0.5) is 0 Å². The van der Waals surface area contributed by atoms with Crippen molar-refractivity contribution in [3.05, 3.63) is 19.0 Å². The fraction of sp³-hybridized carbons (Fsp3) is 0.571. The van der Waals surface area contributed by atoms with E-state index in [1.807, 2.05) is 0 Å². The molecule has 2 rings (SSSR count). The highest BCUT2D eigenvalue weighted by Gasteiger charge is 2.16. The molecule has 0 saturated carbocycles. The molecule has 0 spiro atoms. The molecule has 2 nitrogen and oxygen atoms in total. The quantitative estimate of drug-likeness (QED) is 0.495. The Balaban J connectivity index is 2.19. The molecule has 0 saturated heterocycles. The molecule has 0 bridgehead atoms. The van der Waals surface area contributed by atoms with Crippen LogP contribution in [0.15, 0.2) is 7.57 Å². The summed E-state index contributed by atoms with van der Waals surface area (Å²) in [5.74, 6) is 0. The molecule has 0 aliphatic rings. The van der Waals surface area contributed by atoms with Crippen LogP contribution < -0.4 is 0 Å². The second-order valence-electron chi connectivity index (χ2n) is 4.69. The summed E-state index contributed by atoms with van der Waals surface area (Å²) in [6.45, 7) is 4.41. The van der Waals surface area contributed by atoms with Gasteiger partial charge in [0.15, 0.2) is 10.0 Å². The van der Waals surface area contributed by atoms with Crippen LogP contribution in [0.5, 0.6) is 0 Å². The smallest absolute Gasteiger partial charge is 0.153 e. The first-order chi connectivity index (χ1) is 9.65. The molecule has 2 heterocycles. The highest BCUT2D eigenvalue weighted by atomic mass is 79.9. The van der Waals surface area contributed by atoms with Gasteiger partial charge in [0.2, 0.25) is 0 Å². The minimum absolute atomic E-state index is 1.04. The molecule has 0 radical (unpaired) electrons. The molecule has 0 fully saturated rings. The van der Waals surface area contributed by atoms with Gasteiger partial charge < -0.3 is 0 Å². The number of hydrogen-bond donors (Lipinski definition) is 0. The Morgan fingerprint density at radius 3 is 1.55 bits per heavy atom. The Morgan fingerprint density at radius 2 is 1.20 bits per heavy atom. The zero-order valence-electron chi connectivity index (χ0n) is 11.7. The number of nitrogens with zero attached hydrogens (tertiary/aromatic N) is 2. The van der Waals surface area contributed by atoms with Crippen LogP contribution in [-0.2, 0) is 12.8 Å². The lowest BCUT2D eigenvalue weighted by Crippen LogP contribution is -1.87. The standard InChI is InChI=1S/C14H18Br2N2S2/c1-3-5-7-9-11(15)19-13(17-9)14-18-10(8-6-4-2)12(16)20-14/h3-8H2,1-2H3. The Labute approximate surface area is 145 Å². The van der Waals surface area contributed by atoms with Crippen LogP contribution in [-0.4, -0.2) is 9.97 Å². The average molecular weight is 438 g/mol. The fourth-order valence-corrected chi connectivity index (χ4v) is 5.04. The predicted octanol–water partition coefficient (Wildman–Crippen LogP) is 6.48. The Morgan fingerprint density at radius 1 is 0.800 bits per heavy atom. The largest absolute Gasteiger partial charge is 0.237 e. The van der Waals surface area contributed by atoms with E-state index in [0.29, 0.717) is 0 Å². The third kappa shape index (κ3) is 4.12. The van der Waals surface area contributed by atoms with Gasteiger partial charge in [-0.15, -0.1) is 22.7 Å². The molecular formula is C14H18Br2N2S2. The van der Waals surface area contributed by atoms with Crippen molar-refractivity contribution in [1.82, 2.24) is 9.97 Å². The lowest BCUT2D eigenvalue weighted by Gasteiger charge is -1.94. The number of hydrogen-bond acceptors (Lipinski definition) is 4. The number of unbranched alkanes of at least 4 members (excludes halogenated alkanes) is 2. The third-order valence-electron chi connectivity index (χ3n) is 3.02. The maximum absolute atomic E-state index is 4.75. The van der Waals surface area contributed by atoms with Crippen LogP contribution in [0, 0.1) is 0 Å². The van der Waals surface area contributed by atoms with E-state index in [1.165, 1.54) is 37.1 Å². The molecule has 2 aromatic heterocycles. The van der Waals surface area contributed by atoms with Crippen molar-refractivity contribution < 1.29 is 0 Å². The minimum Gasteiger partial charge on any atom is -0.237 e. The van der Waals surface area contributed by atoms with Crippen LogP contribution in [0.3, 0.4) is 0 Å². The van der Waals surface area contributed by atoms with E-state index >= 15 is 0 Å². The van der Waals surface area contributed by atoms with Crippen molar-refractivity contribution in [2.45, 2.75) is 52.4 Å². The number of thiazole rings is 2. The van der Waals surface area contributed by atoms with Crippen LogP contribution >= 0.6 is 54.5 Å². The number of aromatic nitrogens is 2. The van der Waals surface area contributed by atoms with E-state index in [2.05, 4.69) is 45.7 Å². The van der Waals surface area contributed by atoms with Crippen molar-refractivity contribution in [2.24, 2.45) is 0 Å². The molecule has 20 heavy (non-hydrogen) atoms. The maximum atomic E-state index is 4.75. The maximum Gasteiger partial charge on any atom is 0.153 e. The first-order valence-corrected chi connectivity index (χ1v) is 10.2. The van der Waals surface area contributed by atoms with Gasteiger partial charge in [0.1, 0.15) is 0 Å². The van der Waals surface area contributed by atoms with Crippen LogP contribution in [0.2, 0.25) is 0 Å². The topological polar surface area (TPSA) is 25.8 Å². The van der Waals surface area contributed by atoms with E-state index < -0.39 is 0 Å². The summed E-state index contributed by atoms with van der Waals surface area (Å²) in [4.78, 5) is 9.50. The molecule has 6 heteroatoms. The number of aryl methyl sites for hydroxylation is 2. The molecule has 0 amide bonds. The van der Waals surface area contributed by atoms with Crippen molar-refractivity contribution in [2.75, 3.05) is 0 Å². The SMILES string of the molecule is CCCCc1nc(-c2nc(CCCC)c(Br)s2)sc1Br. The predicted molar refractivity (Wildman–Crippen MR) is 95.8 cm³/mol. The summed E-state index contributed by atoms with van der Waals surface area (Å²) in [7, 11) is 0. The highest BCUT2D eigenvalue weighted by Crippen LogP contribution is 2.38. The van der Waals surface area contributed by atoms with Gasteiger partial charge in [-0.05, 0) is 57.5 Å². The molecule has 2 aromatic rings. The van der Waals surface area contributed by atoms with Crippen LogP contribution in [0.25, 0.3) is 10.0 Å². The summed E-state index contributed by atoms with van der Waals surface area (Å²) in [6.07, 6.45) is 6.86. The van der Waals surface area contributed by atoms with Crippen molar-refractivity contribution in [3.8, 4) is 10.0 Å². The van der Waals surface area contributed by atoms with Gasteiger partial charge in [-0.3, -0.25) is 0 Å². The van der Waals surface area contributed by atoms with Crippen molar-refractivity contribution in [1.29, 1.82) is 0 Å². The Bertz CT molecular complexity index is 513. The summed E-state index contributed by atoms with van der Waals surface area (Å²) in [5.41, 5.74) is 2.35. The Kier molecular flexibility index (Phi) is 6.65. The lowest BCUT2D eigenvalue weighted by atomic mass is 10.2. The lowest BCUT2D eigenvalue weighted by molar-refractivity contribution is 0.777. The zero-order chi connectivity index (χ0) is 14.5. The summed E-state index contributed by atoms with van der Waals surface area (Å²) >= 11 is 10.7. The molecule has 0 N–H and O–H groups in total. The first kappa shape index (κ1) is 16.6. The summed E-state index contributed by atoms with van der Waals surface area (Å²) < 4.78 is 2.31. The molecule has 0 aromatic carbocycles. The average Bonchev–Trinajstić information content (AvgIpc) is 2.98. The van der Waals surface area contributed by atoms with E-state index in [1.54, 1.807) is 22.7 Å².